The summed E-state index contributed by atoms with van der Waals surface area (Å²) in [6, 6.07) is 6.05. The molecule has 206 valence electrons. The molecular weight excluding hydrogens is 505 g/mol. The fourth-order valence-electron chi connectivity index (χ4n) is 5.87. The van der Waals surface area contributed by atoms with Gasteiger partial charge < -0.3 is 16.2 Å². The molecule has 9 heteroatoms. The van der Waals surface area contributed by atoms with Gasteiger partial charge in [0, 0.05) is 12.2 Å². The van der Waals surface area contributed by atoms with Gasteiger partial charge in [0.1, 0.15) is 28.8 Å². The standard InChI is InChI=1S/C30H33F3N4O2/c1-16(2)17-10-18(12-20(34)11-17)21-6-9-35-15-26(21)37-29(38)25-5-4-22(31)28(36-25)27-23(32)13-19(14-24(27)33)30(39)7-3-8-30/h4-6,9,13-18,20,39H,3,7-8,10-12,34H2,1-2H3,(H,37,38)/t17-,18+,20+/m0/s1. The van der Waals surface area contributed by atoms with Crippen molar-refractivity contribution in [2.75, 3.05) is 5.32 Å². The Morgan fingerprint density at radius 1 is 1.08 bits per heavy atom. The molecule has 6 nitrogen and oxygen atoms in total. The molecule has 0 spiro atoms. The Bertz CT molecular complexity index is 1370. The molecule has 2 aliphatic carbocycles. The van der Waals surface area contributed by atoms with Crippen molar-refractivity contribution in [3.63, 3.8) is 0 Å². The number of aromatic nitrogens is 2. The molecule has 2 saturated carbocycles. The van der Waals surface area contributed by atoms with E-state index in [2.05, 4.69) is 29.1 Å². The summed E-state index contributed by atoms with van der Waals surface area (Å²) in [5, 5.41) is 13.3. The summed E-state index contributed by atoms with van der Waals surface area (Å²) in [7, 11) is 0. The zero-order valence-electron chi connectivity index (χ0n) is 22.1. The van der Waals surface area contributed by atoms with E-state index in [1.807, 2.05) is 6.07 Å². The summed E-state index contributed by atoms with van der Waals surface area (Å²) in [6.45, 7) is 4.36. The smallest absolute Gasteiger partial charge is 0.274 e. The summed E-state index contributed by atoms with van der Waals surface area (Å²) in [5.74, 6) is -2.69. The second kappa shape index (κ2) is 10.7. The number of aliphatic hydroxyl groups is 1. The third kappa shape index (κ3) is 5.43. The van der Waals surface area contributed by atoms with Crippen LogP contribution in [0, 0.1) is 29.3 Å². The van der Waals surface area contributed by atoms with Crippen molar-refractivity contribution >= 4 is 11.6 Å². The Kier molecular flexibility index (Phi) is 7.48. The molecule has 3 aromatic rings. The van der Waals surface area contributed by atoms with Gasteiger partial charge in [-0.1, -0.05) is 13.8 Å². The van der Waals surface area contributed by atoms with E-state index in [1.54, 1.807) is 12.4 Å². The molecule has 4 N–H and O–H groups in total. The van der Waals surface area contributed by atoms with Gasteiger partial charge in [0.15, 0.2) is 0 Å². The van der Waals surface area contributed by atoms with Gasteiger partial charge in [0.05, 0.1) is 23.0 Å². The van der Waals surface area contributed by atoms with Gasteiger partial charge in [0.2, 0.25) is 0 Å². The Labute approximate surface area is 225 Å². The highest BCUT2D eigenvalue weighted by atomic mass is 19.1. The van der Waals surface area contributed by atoms with Crippen molar-refractivity contribution < 1.29 is 23.1 Å². The predicted molar refractivity (Wildman–Crippen MR) is 142 cm³/mol. The minimum Gasteiger partial charge on any atom is -0.385 e. The number of anilines is 1. The second-order valence-corrected chi connectivity index (χ2v) is 11.3. The zero-order valence-corrected chi connectivity index (χ0v) is 22.1. The molecule has 2 heterocycles. The Balaban J connectivity index is 1.42. The average molecular weight is 539 g/mol. The van der Waals surface area contributed by atoms with Gasteiger partial charge in [-0.3, -0.25) is 9.78 Å². The minimum atomic E-state index is -1.28. The fraction of sp³-hybridized carbons (Fsp3) is 0.433. The van der Waals surface area contributed by atoms with Crippen molar-refractivity contribution in [2.24, 2.45) is 17.6 Å². The van der Waals surface area contributed by atoms with Crippen molar-refractivity contribution in [3.8, 4) is 11.3 Å². The van der Waals surface area contributed by atoms with Crippen LogP contribution in [0.4, 0.5) is 18.9 Å². The Morgan fingerprint density at radius 3 is 2.44 bits per heavy atom. The Hall–Kier alpha value is -3.30. The summed E-state index contributed by atoms with van der Waals surface area (Å²) >= 11 is 0. The number of nitrogens with two attached hydrogens (primary N) is 1. The van der Waals surface area contributed by atoms with Crippen LogP contribution in [0.1, 0.15) is 79.9 Å². The molecule has 3 atom stereocenters. The molecule has 0 aliphatic heterocycles. The zero-order chi connectivity index (χ0) is 27.9. The molecular formula is C30H33F3N4O2. The number of hydrogen-bond acceptors (Lipinski definition) is 5. The van der Waals surface area contributed by atoms with Crippen LogP contribution in [0.5, 0.6) is 0 Å². The monoisotopic (exact) mass is 538 g/mol. The molecule has 39 heavy (non-hydrogen) atoms. The number of rotatable bonds is 6. The van der Waals surface area contributed by atoms with E-state index in [9.17, 15) is 14.3 Å². The first-order chi connectivity index (χ1) is 18.6. The molecule has 0 radical (unpaired) electrons. The van der Waals surface area contributed by atoms with E-state index in [-0.39, 0.29) is 23.2 Å². The highest BCUT2D eigenvalue weighted by molar-refractivity contribution is 6.03. The minimum absolute atomic E-state index is 0.0513. The van der Waals surface area contributed by atoms with E-state index in [0.29, 0.717) is 30.4 Å². The number of hydrogen-bond donors (Lipinski definition) is 3. The molecule has 2 aliphatic rings. The number of benzene rings is 1. The van der Waals surface area contributed by atoms with Crippen LogP contribution in [-0.4, -0.2) is 27.0 Å². The number of nitrogens with zero attached hydrogens (tertiary/aromatic N) is 2. The largest absolute Gasteiger partial charge is 0.385 e. The third-order valence-corrected chi connectivity index (χ3v) is 8.34. The molecule has 0 unspecified atom stereocenters. The number of carbonyl (C=O) groups is 1. The number of amides is 1. The summed E-state index contributed by atoms with van der Waals surface area (Å²) in [4.78, 5) is 21.4. The number of halogens is 3. The topological polar surface area (TPSA) is 101 Å². The van der Waals surface area contributed by atoms with Crippen LogP contribution in [-0.2, 0) is 5.60 Å². The van der Waals surface area contributed by atoms with Gasteiger partial charge in [0.25, 0.3) is 5.91 Å². The maximum Gasteiger partial charge on any atom is 0.274 e. The summed E-state index contributed by atoms with van der Waals surface area (Å²) < 4.78 is 44.9. The quantitative estimate of drug-likeness (QED) is 0.355. The van der Waals surface area contributed by atoms with Crippen molar-refractivity contribution in [1.82, 2.24) is 9.97 Å². The van der Waals surface area contributed by atoms with E-state index in [4.69, 9.17) is 5.73 Å². The second-order valence-electron chi connectivity index (χ2n) is 11.3. The van der Waals surface area contributed by atoms with Gasteiger partial charge in [-0.25, -0.2) is 18.2 Å². The first kappa shape index (κ1) is 27.3. The van der Waals surface area contributed by atoms with E-state index < -0.39 is 40.2 Å². The molecule has 2 fully saturated rings. The maximum atomic E-state index is 15.0. The lowest BCUT2D eigenvalue weighted by Crippen LogP contribution is -2.34. The van der Waals surface area contributed by atoms with E-state index >= 15 is 8.78 Å². The predicted octanol–water partition coefficient (Wildman–Crippen LogP) is 6.05. The first-order valence-electron chi connectivity index (χ1n) is 13.5. The fourth-order valence-corrected chi connectivity index (χ4v) is 5.87. The lowest BCUT2D eigenvalue weighted by molar-refractivity contribution is -0.0392. The van der Waals surface area contributed by atoms with Gasteiger partial charge in [-0.05, 0) is 97.7 Å². The van der Waals surface area contributed by atoms with Crippen LogP contribution < -0.4 is 11.1 Å². The third-order valence-electron chi connectivity index (χ3n) is 8.34. The molecule has 1 amide bonds. The van der Waals surface area contributed by atoms with Crippen LogP contribution in [0.2, 0.25) is 0 Å². The number of carbonyl (C=O) groups excluding carboxylic acids is 1. The molecule has 2 aromatic heterocycles. The van der Waals surface area contributed by atoms with E-state index in [1.165, 1.54) is 0 Å². The average Bonchev–Trinajstić information content (AvgIpc) is 2.87. The lowest BCUT2D eigenvalue weighted by atomic mass is 9.72. The van der Waals surface area contributed by atoms with Crippen molar-refractivity contribution in [1.29, 1.82) is 0 Å². The van der Waals surface area contributed by atoms with Crippen LogP contribution >= 0.6 is 0 Å². The normalized spacial score (nSPS) is 22.4. The lowest BCUT2D eigenvalue weighted by Gasteiger charge is -2.37. The molecule has 5 rings (SSSR count). The molecule has 0 saturated heterocycles. The van der Waals surface area contributed by atoms with Crippen molar-refractivity contribution in [2.45, 2.75) is 69.9 Å². The Morgan fingerprint density at radius 2 is 1.79 bits per heavy atom. The summed E-state index contributed by atoms with van der Waals surface area (Å²) in [6.07, 6.45) is 7.42. The van der Waals surface area contributed by atoms with Crippen LogP contribution in [0.25, 0.3) is 11.3 Å². The SMILES string of the molecule is CC(C)[C@@H]1C[C@@H](N)C[C@H](c2ccncc2NC(=O)c2ccc(F)c(-c3c(F)cc(C4(O)CCC4)cc3F)n2)C1. The summed E-state index contributed by atoms with van der Waals surface area (Å²) in [5.41, 5.74) is 5.07. The highest BCUT2D eigenvalue weighted by Gasteiger charge is 2.38. The van der Waals surface area contributed by atoms with E-state index in [0.717, 1.165) is 55.5 Å². The first-order valence-corrected chi connectivity index (χ1v) is 13.5. The maximum absolute atomic E-state index is 15.0. The van der Waals surface area contributed by atoms with Crippen LogP contribution in [0.3, 0.4) is 0 Å². The van der Waals surface area contributed by atoms with Crippen molar-refractivity contribution in [3.05, 3.63) is 77.0 Å². The van der Waals surface area contributed by atoms with Gasteiger partial charge in [-0.2, -0.15) is 0 Å². The van der Waals surface area contributed by atoms with Crippen LogP contribution in [0.15, 0.2) is 42.7 Å². The van der Waals surface area contributed by atoms with Gasteiger partial charge in [-0.15, -0.1) is 0 Å². The molecule has 0 bridgehead atoms. The molecule has 1 aromatic carbocycles. The van der Waals surface area contributed by atoms with Gasteiger partial charge >= 0.3 is 0 Å². The highest BCUT2D eigenvalue weighted by Crippen LogP contribution is 2.43. The number of pyridine rings is 2. The number of nitrogens with one attached hydrogen (secondary N) is 1.